The molecule has 0 saturated heterocycles. The van der Waals surface area contributed by atoms with Crippen molar-refractivity contribution >= 4 is 11.6 Å². The maximum absolute atomic E-state index is 12.7. The zero-order valence-corrected chi connectivity index (χ0v) is 17.2. The Balaban J connectivity index is 1.76. The predicted molar refractivity (Wildman–Crippen MR) is 114 cm³/mol. The van der Waals surface area contributed by atoms with Crippen molar-refractivity contribution in [2.24, 2.45) is 0 Å². The number of anilines is 2. The van der Waals surface area contributed by atoms with Crippen molar-refractivity contribution < 1.29 is 14.6 Å². The number of phenols is 1. The minimum absolute atomic E-state index is 0.0149. The molecule has 11 nitrogen and oxygen atoms in total. The molecule has 0 spiro atoms. The van der Waals surface area contributed by atoms with Gasteiger partial charge in [0.15, 0.2) is 11.5 Å². The van der Waals surface area contributed by atoms with Crippen LogP contribution in [0.5, 0.6) is 17.2 Å². The van der Waals surface area contributed by atoms with Crippen LogP contribution in [0, 0.1) is 0 Å². The van der Waals surface area contributed by atoms with E-state index in [9.17, 15) is 9.90 Å². The number of H-pyrrole nitrogens is 1. The first-order valence-corrected chi connectivity index (χ1v) is 9.88. The lowest BCUT2D eigenvalue weighted by atomic mass is 9.92. The van der Waals surface area contributed by atoms with Gasteiger partial charge in [-0.25, -0.2) is 5.10 Å². The topological polar surface area (TPSA) is 140 Å². The van der Waals surface area contributed by atoms with Crippen LogP contribution in [0.15, 0.2) is 47.3 Å². The van der Waals surface area contributed by atoms with Gasteiger partial charge in [-0.1, -0.05) is 11.2 Å². The first kappa shape index (κ1) is 19.5. The van der Waals surface area contributed by atoms with E-state index in [-0.39, 0.29) is 5.75 Å². The van der Waals surface area contributed by atoms with Gasteiger partial charge in [-0.3, -0.25) is 4.79 Å². The van der Waals surface area contributed by atoms with Crippen molar-refractivity contribution in [1.29, 1.82) is 0 Å². The van der Waals surface area contributed by atoms with E-state index in [2.05, 4.69) is 31.0 Å². The van der Waals surface area contributed by atoms with Crippen LogP contribution in [0.1, 0.15) is 24.1 Å². The number of aromatic hydroxyl groups is 1. The summed E-state index contributed by atoms with van der Waals surface area (Å²) in [5.74, 6) is 1.35. The summed E-state index contributed by atoms with van der Waals surface area (Å²) in [6.07, 6.45) is 0. The van der Waals surface area contributed by atoms with Gasteiger partial charge in [0.25, 0.3) is 5.56 Å². The Morgan fingerprint density at radius 2 is 2.00 bits per heavy atom. The standard InChI is InChI=1S/C21H19N7O4/c1-3-32-15-10-12(6-9-14(15)29)19-16-17(11-4-7-13(31-2)8-5-11)23-24-20(30)18(16)22-21-25-26-27-28(19)21/h4-10,19,29H,3H2,1-2H3,(H,24,30)(H,22,25,27). The maximum atomic E-state index is 12.7. The smallest absolute Gasteiger partial charge is 0.288 e. The number of methoxy groups -OCH3 is 1. The minimum Gasteiger partial charge on any atom is -0.504 e. The molecule has 2 aromatic heterocycles. The summed E-state index contributed by atoms with van der Waals surface area (Å²) in [7, 11) is 1.59. The predicted octanol–water partition coefficient (Wildman–Crippen LogP) is 2.23. The Bertz CT molecular complexity index is 1350. The Kier molecular flexibility index (Phi) is 4.70. The molecule has 5 rings (SSSR count). The zero-order valence-electron chi connectivity index (χ0n) is 17.2. The molecule has 1 aliphatic heterocycles. The van der Waals surface area contributed by atoms with E-state index in [1.807, 2.05) is 31.2 Å². The molecule has 0 fully saturated rings. The van der Waals surface area contributed by atoms with Gasteiger partial charge in [0.2, 0.25) is 5.95 Å². The lowest BCUT2D eigenvalue weighted by Gasteiger charge is -2.28. The summed E-state index contributed by atoms with van der Waals surface area (Å²) < 4.78 is 12.4. The van der Waals surface area contributed by atoms with Gasteiger partial charge in [-0.05, 0) is 59.3 Å². The van der Waals surface area contributed by atoms with E-state index in [0.717, 1.165) is 5.56 Å². The molecule has 3 N–H and O–H groups in total. The molecule has 11 heteroatoms. The average Bonchev–Trinajstić information content (AvgIpc) is 3.28. The molecule has 1 unspecified atom stereocenters. The van der Waals surface area contributed by atoms with Crippen LogP contribution in [0.2, 0.25) is 0 Å². The van der Waals surface area contributed by atoms with Gasteiger partial charge >= 0.3 is 0 Å². The largest absolute Gasteiger partial charge is 0.504 e. The number of hydrogen-bond acceptors (Lipinski definition) is 9. The molecule has 4 aromatic rings. The van der Waals surface area contributed by atoms with Crippen LogP contribution >= 0.6 is 0 Å². The second kappa shape index (κ2) is 7.69. The Morgan fingerprint density at radius 3 is 2.75 bits per heavy atom. The number of tetrazole rings is 1. The number of aromatic amines is 1. The van der Waals surface area contributed by atoms with E-state index in [1.165, 1.54) is 0 Å². The molecule has 1 aliphatic rings. The first-order valence-electron chi connectivity index (χ1n) is 9.88. The highest BCUT2D eigenvalue weighted by Gasteiger charge is 2.34. The fourth-order valence-corrected chi connectivity index (χ4v) is 3.79. The highest BCUT2D eigenvalue weighted by molar-refractivity contribution is 5.75. The number of nitrogens with zero attached hydrogens (tertiary/aromatic N) is 5. The van der Waals surface area contributed by atoms with Crippen LogP contribution in [0.25, 0.3) is 11.3 Å². The quantitative estimate of drug-likeness (QED) is 0.380. The number of aromatic nitrogens is 6. The Labute approximate surface area is 181 Å². The lowest BCUT2D eigenvalue weighted by molar-refractivity contribution is 0.317. The van der Waals surface area contributed by atoms with Crippen LogP contribution < -0.4 is 20.3 Å². The van der Waals surface area contributed by atoms with E-state index < -0.39 is 11.6 Å². The van der Waals surface area contributed by atoms with Crippen LogP contribution in [0.4, 0.5) is 11.6 Å². The highest BCUT2D eigenvalue weighted by Crippen LogP contribution is 2.42. The molecule has 0 amide bonds. The molecule has 32 heavy (non-hydrogen) atoms. The average molecular weight is 433 g/mol. The summed E-state index contributed by atoms with van der Waals surface area (Å²) in [5, 5.41) is 32.0. The fraction of sp³-hybridized carbons (Fsp3) is 0.190. The number of nitrogens with one attached hydrogen (secondary N) is 2. The second-order valence-electron chi connectivity index (χ2n) is 7.05. The molecule has 0 aliphatic carbocycles. The van der Waals surface area contributed by atoms with E-state index in [0.29, 0.717) is 46.6 Å². The molecular weight excluding hydrogens is 414 g/mol. The van der Waals surface area contributed by atoms with Crippen molar-refractivity contribution in [2.75, 3.05) is 19.0 Å². The summed E-state index contributed by atoms with van der Waals surface area (Å²) >= 11 is 0. The van der Waals surface area contributed by atoms with Crippen molar-refractivity contribution in [1.82, 2.24) is 30.4 Å². The van der Waals surface area contributed by atoms with Crippen molar-refractivity contribution in [3.8, 4) is 28.5 Å². The molecular formula is C21H19N7O4. The Hall–Kier alpha value is -4.41. The highest BCUT2D eigenvalue weighted by atomic mass is 16.5. The fourth-order valence-electron chi connectivity index (χ4n) is 3.79. The number of rotatable bonds is 5. The van der Waals surface area contributed by atoms with Gasteiger partial charge in [0.1, 0.15) is 17.5 Å². The van der Waals surface area contributed by atoms with Gasteiger partial charge < -0.3 is 19.9 Å². The molecule has 0 bridgehead atoms. The monoisotopic (exact) mass is 433 g/mol. The third-order valence-corrected chi connectivity index (χ3v) is 5.23. The van der Waals surface area contributed by atoms with Gasteiger partial charge in [-0.2, -0.15) is 9.78 Å². The lowest BCUT2D eigenvalue weighted by Crippen LogP contribution is -2.29. The number of ether oxygens (including phenoxy) is 2. The van der Waals surface area contributed by atoms with Crippen molar-refractivity contribution in [2.45, 2.75) is 13.0 Å². The summed E-state index contributed by atoms with van der Waals surface area (Å²) in [4.78, 5) is 12.7. The third kappa shape index (κ3) is 3.11. The molecule has 3 heterocycles. The number of benzene rings is 2. The number of phenolic OH excluding ortho intramolecular Hbond substituents is 1. The van der Waals surface area contributed by atoms with Crippen LogP contribution in [-0.2, 0) is 0 Å². The third-order valence-electron chi connectivity index (χ3n) is 5.23. The Morgan fingerprint density at radius 1 is 1.19 bits per heavy atom. The SMILES string of the molecule is CCOc1cc(C2c3c(-c4ccc(OC)cc4)n[nH]c(=O)c3Nc3nnnn32)ccc1O. The van der Waals surface area contributed by atoms with Crippen LogP contribution in [-0.4, -0.2) is 49.2 Å². The minimum atomic E-state index is -0.594. The maximum Gasteiger partial charge on any atom is 0.288 e. The first-order chi connectivity index (χ1) is 15.6. The van der Waals surface area contributed by atoms with Crippen LogP contribution in [0.3, 0.4) is 0 Å². The molecule has 0 saturated carbocycles. The van der Waals surface area contributed by atoms with E-state index >= 15 is 0 Å². The van der Waals surface area contributed by atoms with Crippen molar-refractivity contribution in [3.63, 3.8) is 0 Å². The van der Waals surface area contributed by atoms with Gasteiger partial charge in [0, 0.05) is 11.1 Å². The number of hydrogen-bond donors (Lipinski definition) is 3. The molecule has 162 valence electrons. The van der Waals surface area contributed by atoms with E-state index in [4.69, 9.17) is 9.47 Å². The van der Waals surface area contributed by atoms with Gasteiger partial charge in [-0.15, -0.1) is 0 Å². The molecule has 0 radical (unpaired) electrons. The summed E-state index contributed by atoms with van der Waals surface area (Å²) in [6.45, 7) is 2.21. The normalized spacial score (nSPS) is 14.2. The summed E-state index contributed by atoms with van der Waals surface area (Å²) in [6, 6.07) is 11.7. The van der Waals surface area contributed by atoms with Crippen molar-refractivity contribution in [3.05, 3.63) is 63.9 Å². The molecule has 1 atom stereocenters. The second-order valence-corrected chi connectivity index (χ2v) is 7.05. The zero-order chi connectivity index (χ0) is 22.2. The molecule has 2 aromatic carbocycles. The summed E-state index contributed by atoms with van der Waals surface area (Å²) in [5.41, 5.74) is 2.51. The number of fused-ring (bicyclic) bond motifs is 2. The van der Waals surface area contributed by atoms with Gasteiger partial charge in [0.05, 0.1) is 19.4 Å². The van der Waals surface area contributed by atoms with E-state index in [1.54, 1.807) is 30.0 Å².